The number of anilines is 1. The van der Waals surface area contributed by atoms with E-state index in [0.717, 1.165) is 35.5 Å². The van der Waals surface area contributed by atoms with E-state index >= 15 is 0 Å². The first-order valence-electron chi connectivity index (χ1n) is 12.0. The Balaban J connectivity index is 1.41. The summed E-state index contributed by atoms with van der Waals surface area (Å²) in [5, 5.41) is 0.722. The van der Waals surface area contributed by atoms with Crippen molar-refractivity contribution in [1.82, 2.24) is 9.47 Å². The maximum atomic E-state index is 14.2. The third-order valence-electron chi connectivity index (χ3n) is 6.84. The van der Waals surface area contributed by atoms with Crippen molar-refractivity contribution in [2.24, 2.45) is 0 Å². The highest BCUT2D eigenvalue weighted by Gasteiger charge is 2.40. The van der Waals surface area contributed by atoms with E-state index in [0.29, 0.717) is 15.6 Å². The van der Waals surface area contributed by atoms with Crippen LogP contribution in [-0.2, 0) is 4.79 Å². The van der Waals surface area contributed by atoms with Gasteiger partial charge in [0.05, 0.1) is 17.1 Å². The number of para-hydroxylation sites is 2. The Morgan fingerprint density at radius 3 is 2.24 bits per heavy atom. The fourth-order valence-corrected chi connectivity index (χ4v) is 5.57. The molecule has 186 valence electrons. The van der Waals surface area contributed by atoms with Crippen molar-refractivity contribution in [2.45, 2.75) is 24.9 Å². The van der Waals surface area contributed by atoms with Crippen molar-refractivity contribution in [2.75, 3.05) is 11.4 Å². The molecular weight excluding hydrogens is 512 g/mol. The molecule has 1 fully saturated rings. The molecule has 0 spiro atoms. The van der Waals surface area contributed by atoms with E-state index in [1.807, 2.05) is 47.2 Å². The standard InChI is InChI=1S/C29H22Cl2FN3O2/c30-20-14-19(15-21(31)16-20)29(37)34(23-11-12-23)17-27(36)35-25-5-2-1-4-24(25)33-13-3-6-26(33)28(35)18-7-9-22(32)10-8-18/h1-10,13-16,23,28H,11-12,17H2/t28-/m0/s1. The Kier molecular flexibility index (Phi) is 6.01. The lowest BCUT2D eigenvalue weighted by atomic mass is 9.97. The topological polar surface area (TPSA) is 45.6 Å². The Bertz CT molecular complexity index is 1490. The van der Waals surface area contributed by atoms with Crippen molar-refractivity contribution in [3.63, 3.8) is 0 Å². The summed E-state index contributed by atoms with van der Waals surface area (Å²) >= 11 is 12.3. The van der Waals surface area contributed by atoms with Gasteiger partial charge in [0, 0.05) is 27.8 Å². The lowest BCUT2D eigenvalue weighted by Gasteiger charge is -2.39. The van der Waals surface area contributed by atoms with Gasteiger partial charge in [-0.05, 0) is 73.0 Å². The van der Waals surface area contributed by atoms with Gasteiger partial charge in [-0.1, -0.05) is 47.5 Å². The molecule has 0 N–H and O–H groups in total. The molecule has 5 nitrogen and oxygen atoms in total. The van der Waals surface area contributed by atoms with Crippen molar-refractivity contribution in [1.29, 1.82) is 0 Å². The van der Waals surface area contributed by atoms with Crippen LogP contribution in [0.1, 0.15) is 40.5 Å². The predicted octanol–water partition coefficient (Wildman–Crippen LogP) is 6.66. The Hall–Kier alpha value is -3.61. The van der Waals surface area contributed by atoms with Crippen molar-refractivity contribution >= 4 is 40.7 Å². The minimum absolute atomic E-state index is 0.0256. The highest BCUT2D eigenvalue weighted by molar-refractivity contribution is 6.35. The molecule has 37 heavy (non-hydrogen) atoms. The average Bonchev–Trinajstić information content (AvgIpc) is 3.61. The van der Waals surface area contributed by atoms with Crippen molar-refractivity contribution in [3.8, 4) is 5.69 Å². The quantitative estimate of drug-likeness (QED) is 0.287. The summed E-state index contributed by atoms with van der Waals surface area (Å²) in [5.41, 5.74) is 3.58. The SMILES string of the molecule is O=C(c1cc(Cl)cc(Cl)c1)N(CC(=O)N1c2ccccc2-n2cccc2[C@@H]1c1ccc(F)cc1)C1CC1. The molecule has 8 heteroatoms. The number of rotatable bonds is 5. The molecule has 0 unspecified atom stereocenters. The number of benzene rings is 3. The van der Waals surface area contributed by atoms with Crippen LogP contribution in [0, 0.1) is 5.82 Å². The Morgan fingerprint density at radius 2 is 1.57 bits per heavy atom. The molecule has 2 aliphatic rings. The molecule has 6 rings (SSSR count). The van der Waals surface area contributed by atoms with Gasteiger partial charge in [0.25, 0.3) is 5.91 Å². The van der Waals surface area contributed by atoms with Gasteiger partial charge in [-0.2, -0.15) is 0 Å². The maximum absolute atomic E-state index is 14.2. The van der Waals surface area contributed by atoms with Crippen LogP contribution in [0.15, 0.2) is 85.1 Å². The van der Waals surface area contributed by atoms with Crippen LogP contribution in [0.4, 0.5) is 10.1 Å². The van der Waals surface area contributed by atoms with E-state index in [4.69, 9.17) is 23.2 Å². The molecular formula is C29H22Cl2FN3O2. The first-order valence-corrected chi connectivity index (χ1v) is 12.8. The Morgan fingerprint density at radius 1 is 0.892 bits per heavy atom. The van der Waals surface area contributed by atoms with Gasteiger partial charge >= 0.3 is 0 Å². The maximum Gasteiger partial charge on any atom is 0.254 e. The molecule has 1 aliphatic heterocycles. The number of fused-ring (bicyclic) bond motifs is 3. The molecule has 0 radical (unpaired) electrons. The smallest absolute Gasteiger partial charge is 0.254 e. The average molecular weight is 534 g/mol. The lowest BCUT2D eigenvalue weighted by molar-refractivity contribution is -0.119. The molecule has 4 aromatic rings. The minimum Gasteiger partial charge on any atom is -0.326 e. The van der Waals surface area contributed by atoms with E-state index in [1.165, 1.54) is 12.1 Å². The predicted molar refractivity (Wildman–Crippen MR) is 142 cm³/mol. The first kappa shape index (κ1) is 23.8. The second-order valence-electron chi connectivity index (χ2n) is 9.33. The van der Waals surface area contributed by atoms with Gasteiger partial charge in [0.1, 0.15) is 18.4 Å². The second-order valence-corrected chi connectivity index (χ2v) is 10.2. The number of amides is 2. The number of hydrogen-bond donors (Lipinski definition) is 0. The molecule has 0 saturated heterocycles. The highest BCUT2D eigenvalue weighted by atomic mass is 35.5. The molecule has 2 amide bonds. The zero-order chi connectivity index (χ0) is 25.7. The third-order valence-corrected chi connectivity index (χ3v) is 7.27. The zero-order valence-electron chi connectivity index (χ0n) is 19.7. The number of hydrogen-bond acceptors (Lipinski definition) is 2. The van der Waals surface area contributed by atoms with Gasteiger partial charge in [-0.25, -0.2) is 4.39 Å². The summed E-state index contributed by atoms with van der Waals surface area (Å²) in [4.78, 5) is 31.0. The van der Waals surface area contributed by atoms with Crippen LogP contribution in [0.5, 0.6) is 0 Å². The highest BCUT2D eigenvalue weighted by Crippen LogP contribution is 2.42. The van der Waals surface area contributed by atoms with E-state index in [-0.39, 0.29) is 30.2 Å². The second kappa shape index (κ2) is 9.36. The monoisotopic (exact) mass is 533 g/mol. The molecule has 1 aromatic heterocycles. The van der Waals surface area contributed by atoms with Gasteiger partial charge in [0.2, 0.25) is 5.91 Å². The van der Waals surface area contributed by atoms with Crippen molar-refractivity contribution in [3.05, 3.63) is 118 Å². The molecule has 1 saturated carbocycles. The largest absolute Gasteiger partial charge is 0.326 e. The summed E-state index contributed by atoms with van der Waals surface area (Å²) in [6.45, 7) is -0.111. The van der Waals surface area contributed by atoms with E-state index in [1.54, 1.807) is 40.1 Å². The van der Waals surface area contributed by atoms with E-state index in [2.05, 4.69) is 0 Å². The Labute approximate surface area is 223 Å². The lowest BCUT2D eigenvalue weighted by Crippen LogP contribution is -2.47. The molecule has 1 atom stereocenters. The van der Waals surface area contributed by atoms with Crippen LogP contribution < -0.4 is 4.90 Å². The fraction of sp³-hybridized carbons (Fsp3) is 0.172. The van der Waals surface area contributed by atoms with E-state index < -0.39 is 6.04 Å². The zero-order valence-corrected chi connectivity index (χ0v) is 21.2. The number of nitrogens with zero attached hydrogens (tertiary/aromatic N) is 3. The number of carbonyl (C=O) groups is 2. The third kappa shape index (κ3) is 4.41. The van der Waals surface area contributed by atoms with Gasteiger partial charge in [-0.15, -0.1) is 0 Å². The van der Waals surface area contributed by atoms with Gasteiger partial charge in [-0.3, -0.25) is 14.5 Å². The minimum atomic E-state index is -0.491. The molecule has 2 heterocycles. The fourth-order valence-electron chi connectivity index (χ4n) is 5.04. The number of halogens is 3. The summed E-state index contributed by atoms with van der Waals surface area (Å²) < 4.78 is 15.9. The summed E-state index contributed by atoms with van der Waals surface area (Å²) in [6.07, 6.45) is 3.61. The van der Waals surface area contributed by atoms with Crippen LogP contribution in [0.2, 0.25) is 10.0 Å². The summed E-state index contributed by atoms with van der Waals surface area (Å²) in [7, 11) is 0. The van der Waals surface area contributed by atoms with Crippen LogP contribution in [0.3, 0.4) is 0 Å². The van der Waals surface area contributed by atoms with Gasteiger partial charge in [0.15, 0.2) is 0 Å². The molecule has 3 aromatic carbocycles. The van der Waals surface area contributed by atoms with Crippen LogP contribution >= 0.6 is 23.2 Å². The van der Waals surface area contributed by atoms with Crippen LogP contribution in [-0.4, -0.2) is 33.9 Å². The number of aromatic nitrogens is 1. The van der Waals surface area contributed by atoms with Crippen LogP contribution in [0.25, 0.3) is 5.69 Å². The summed E-state index contributed by atoms with van der Waals surface area (Å²) in [5.74, 6) is -0.867. The summed E-state index contributed by atoms with van der Waals surface area (Å²) in [6, 6.07) is 21.9. The van der Waals surface area contributed by atoms with Crippen molar-refractivity contribution < 1.29 is 14.0 Å². The molecule has 0 bridgehead atoms. The first-order chi connectivity index (χ1) is 17.9. The molecule has 1 aliphatic carbocycles. The van der Waals surface area contributed by atoms with Gasteiger partial charge < -0.3 is 9.47 Å². The normalized spacial score (nSPS) is 16.2. The number of carbonyl (C=O) groups excluding carboxylic acids is 2. The van der Waals surface area contributed by atoms with E-state index in [9.17, 15) is 14.0 Å².